The summed E-state index contributed by atoms with van der Waals surface area (Å²) in [5.74, 6) is 0. The summed E-state index contributed by atoms with van der Waals surface area (Å²) in [5.41, 5.74) is 0. The second-order valence-electron chi connectivity index (χ2n) is 4.41. The van der Waals surface area contributed by atoms with E-state index in [0.717, 1.165) is 23.7 Å². The van der Waals surface area contributed by atoms with Crippen molar-refractivity contribution in [1.29, 1.82) is 0 Å². The number of sulfonamides is 1. The van der Waals surface area contributed by atoms with Gasteiger partial charge in [-0.05, 0) is 44.0 Å². The van der Waals surface area contributed by atoms with Crippen LogP contribution in [0.1, 0.15) is 26.2 Å². The Bertz CT molecular complexity index is 484. The van der Waals surface area contributed by atoms with Gasteiger partial charge in [-0.25, -0.2) is 8.42 Å². The average Bonchev–Trinajstić information content (AvgIpc) is 2.30. The number of halogens is 1. The van der Waals surface area contributed by atoms with Gasteiger partial charge >= 0.3 is 0 Å². The molecular formula is C12H16BrNO2S. The normalized spacial score (nSPS) is 22.6. The van der Waals surface area contributed by atoms with E-state index in [-0.39, 0.29) is 6.04 Å². The lowest BCUT2D eigenvalue weighted by molar-refractivity contribution is 0.268. The molecule has 0 aliphatic carbocycles. The number of benzene rings is 1. The Morgan fingerprint density at radius 1 is 1.24 bits per heavy atom. The van der Waals surface area contributed by atoms with Gasteiger partial charge in [-0.3, -0.25) is 0 Å². The molecule has 0 unspecified atom stereocenters. The summed E-state index contributed by atoms with van der Waals surface area (Å²) in [5, 5.41) is 0. The summed E-state index contributed by atoms with van der Waals surface area (Å²) >= 11 is 3.31. The maximum atomic E-state index is 12.4. The predicted octanol–water partition coefficient (Wildman–Crippen LogP) is 3.01. The highest BCUT2D eigenvalue weighted by Gasteiger charge is 2.30. The second kappa shape index (κ2) is 5.08. The molecule has 0 aromatic heterocycles. The number of hydrogen-bond acceptors (Lipinski definition) is 2. The lowest BCUT2D eigenvalue weighted by atomic mass is 10.1. The Hall–Kier alpha value is -0.390. The third-order valence-electron chi connectivity index (χ3n) is 3.16. The van der Waals surface area contributed by atoms with Crippen molar-refractivity contribution >= 4 is 26.0 Å². The van der Waals surface area contributed by atoms with E-state index in [2.05, 4.69) is 15.9 Å². The average molecular weight is 318 g/mol. The highest BCUT2D eigenvalue weighted by Crippen LogP contribution is 2.25. The van der Waals surface area contributed by atoms with Gasteiger partial charge in [0.2, 0.25) is 10.0 Å². The van der Waals surface area contributed by atoms with Gasteiger partial charge in [-0.15, -0.1) is 0 Å². The molecule has 0 bridgehead atoms. The number of piperidine rings is 1. The van der Waals surface area contributed by atoms with Gasteiger partial charge in [-0.2, -0.15) is 4.31 Å². The van der Waals surface area contributed by atoms with Crippen molar-refractivity contribution in [2.75, 3.05) is 6.54 Å². The van der Waals surface area contributed by atoms with E-state index in [1.54, 1.807) is 28.6 Å². The Morgan fingerprint density at radius 3 is 2.47 bits per heavy atom. The molecule has 1 atom stereocenters. The fourth-order valence-electron chi connectivity index (χ4n) is 2.17. The maximum absolute atomic E-state index is 12.4. The van der Waals surface area contributed by atoms with E-state index in [1.807, 2.05) is 6.92 Å². The number of rotatable bonds is 2. The van der Waals surface area contributed by atoms with E-state index >= 15 is 0 Å². The van der Waals surface area contributed by atoms with Gasteiger partial charge in [0.15, 0.2) is 0 Å². The Balaban J connectivity index is 2.32. The van der Waals surface area contributed by atoms with Crippen molar-refractivity contribution < 1.29 is 8.42 Å². The standard InChI is InChI=1S/C12H16BrNO2S/c1-10-4-2-3-9-14(10)17(15,16)12-7-5-11(13)6-8-12/h5-8,10H,2-4,9H2,1H3/t10-/m0/s1. The van der Waals surface area contributed by atoms with Crippen molar-refractivity contribution in [3.05, 3.63) is 28.7 Å². The molecule has 94 valence electrons. The molecule has 5 heteroatoms. The molecule has 1 heterocycles. The quantitative estimate of drug-likeness (QED) is 0.840. The fourth-order valence-corrected chi connectivity index (χ4v) is 4.13. The number of hydrogen-bond donors (Lipinski definition) is 0. The summed E-state index contributed by atoms with van der Waals surface area (Å²) in [6, 6.07) is 6.95. The fraction of sp³-hybridized carbons (Fsp3) is 0.500. The monoisotopic (exact) mass is 317 g/mol. The van der Waals surface area contributed by atoms with E-state index in [1.165, 1.54) is 0 Å². The van der Waals surface area contributed by atoms with Crippen molar-refractivity contribution in [3.63, 3.8) is 0 Å². The summed E-state index contributed by atoms with van der Waals surface area (Å²) in [6.45, 7) is 2.62. The van der Waals surface area contributed by atoms with Crippen LogP contribution in [0.3, 0.4) is 0 Å². The van der Waals surface area contributed by atoms with E-state index in [0.29, 0.717) is 11.4 Å². The molecule has 0 amide bonds. The minimum atomic E-state index is -3.32. The van der Waals surface area contributed by atoms with Crippen LogP contribution in [-0.2, 0) is 10.0 Å². The lowest BCUT2D eigenvalue weighted by Crippen LogP contribution is -2.41. The molecule has 2 rings (SSSR count). The topological polar surface area (TPSA) is 37.4 Å². The molecule has 1 aromatic carbocycles. The molecule has 1 aliphatic rings. The van der Waals surface area contributed by atoms with Crippen molar-refractivity contribution in [2.45, 2.75) is 37.1 Å². The first-order valence-electron chi connectivity index (χ1n) is 5.79. The summed E-state index contributed by atoms with van der Waals surface area (Å²) < 4.78 is 27.4. The first-order chi connectivity index (χ1) is 8.01. The first kappa shape index (κ1) is 13.1. The van der Waals surface area contributed by atoms with Gasteiger partial charge in [0.25, 0.3) is 0 Å². The van der Waals surface area contributed by atoms with Crippen LogP contribution >= 0.6 is 15.9 Å². The molecule has 1 fully saturated rings. The van der Waals surface area contributed by atoms with E-state index in [9.17, 15) is 8.42 Å². The zero-order valence-corrected chi connectivity index (χ0v) is 12.2. The third kappa shape index (κ3) is 2.72. The van der Waals surface area contributed by atoms with Crippen LogP contribution in [0.4, 0.5) is 0 Å². The van der Waals surface area contributed by atoms with Crippen molar-refractivity contribution in [3.8, 4) is 0 Å². The van der Waals surface area contributed by atoms with Crippen LogP contribution in [0, 0.1) is 0 Å². The van der Waals surface area contributed by atoms with Crippen LogP contribution in [0.15, 0.2) is 33.6 Å². The number of nitrogens with zero attached hydrogens (tertiary/aromatic N) is 1. The van der Waals surface area contributed by atoms with Gasteiger partial charge in [0.05, 0.1) is 4.90 Å². The summed E-state index contributed by atoms with van der Waals surface area (Å²) in [6.07, 6.45) is 3.03. The van der Waals surface area contributed by atoms with Crippen molar-refractivity contribution in [2.24, 2.45) is 0 Å². The minimum absolute atomic E-state index is 0.109. The predicted molar refractivity (Wildman–Crippen MR) is 71.3 cm³/mol. The Kier molecular flexibility index (Phi) is 3.90. The van der Waals surface area contributed by atoms with Crippen LogP contribution in [0.5, 0.6) is 0 Å². The smallest absolute Gasteiger partial charge is 0.207 e. The minimum Gasteiger partial charge on any atom is -0.207 e. The molecular weight excluding hydrogens is 302 g/mol. The molecule has 0 saturated carbocycles. The van der Waals surface area contributed by atoms with Gasteiger partial charge in [-0.1, -0.05) is 22.4 Å². The molecule has 1 aromatic rings. The molecule has 17 heavy (non-hydrogen) atoms. The van der Waals surface area contributed by atoms with Crippen LogP contribution < -0.4 is 0 Å². The molecule has 1 saturated heterocycles. The zero-order valence-electron chi connectivity index (χ0n) is 9.77. The summed E-state index contributed by atoms with van der Waals surface area (Å²) in [4.78, 5) is 0.384. The Labute approximate surface area is 111 Å². The van der Waals surface area contributed by atoms with Gasteiger partial charge in [0.1, 0.15) is 0 Å². The maximum Gasteiger partial charge on any atom is 0.243 e. The molecule has 0 N–H and O–H groups in total. The molecule has 3 nitrogen and oxygen atoms in total. The highest BCUT2D eigenvalue weighted by atomic mass is 79.9. The Morgan fingerprint density at radius 2 is 1.88 bits per heavy atom. The van der Waals surface area contributed by atoms with E-state index in [4.69, 9.17) is 0 Å². The lowest BCUT2D eigenvalue weighted by Gasteiger charge is -2.32. The summed E-state index contributed by atoms with van der Waals surface area (Å²) in [7, 11) is -3.32. The largest absolute Gasteiger partial charge is 0.243 e. The van der Waals surface area contributed by atoms with E-state index < -0.39 is 10.0 Å². The van der Waals surface area contributed by atoms with Crippen LogP contribution in [0.25, 0.3) is 0 Å². The van der Waals surface area contributed by atoms with Gasteiger partial charge in [0, 0.05) is 17.1 Å². The van der Waals surface area contributed by atoms with Crippen LogP contribution in [-0.4, -0.2) is 25.3 Å². The van der Waals surface area contributed by atoms with Crippen LogP contribution in [0.2, 0.25) is 0 Å². The molecule has 0 radical (unpaired) electrons. The first-order valence-corrected chi connectivity index (χ1v) is 8.02. The highest BCUT2D eigenvalue weighted by molar-refractivity contribution is 9.10. The zero-order chi connectivity index (χ0) is 12.5. The second-order valence-corrected chi connectivity index (χ2v) is 7.22. The SMILES string of the molecule is C[C@H]1CCCCN1S(=O)(=O)c1ccc(Br)cc1. The molecule has 1 aliphatic heterocycles. The third-order valence-corrected chi connectivity index (χ3v) is 5.72. The molecule has 0 spiro atoms. The van der Waals surface area contributed by atoms with Gasteiger partial charge < -0.3 is 0 Å². The van der Waals surface area contributed by atoms with Crippen molar-refractivity contribution in [1.82, 2.24) is 4.31 Å².